The fraction of sp³-hybridized carbons (Fsp3) is 0.462. The lowest BCUT2D eigenvalue weighted by molar-refractivity contribution is -0.434. The van der Waals surface area contributed by atoms with Gasteiger partial charge in [0, 0.05) is 26.3 Å². The Hall–Kier alpha value is -3.17. The molecule has 2 atom stereocenters. The van der Waals surface area contributed by atoms with Crippen molar-refractivity contribution >= 4 is 17.6 Å². The minimum atomic E-state index is -0.604. The van der Waals surface area contributed by atoms with Crippen LogP contribution in [0.15, 0.2) is 60.2 Å². The summed E-state index contributed by atoms with van der Waals surface area (Å²) in [5.74, 6) is 0.125. The number of hydrogen-bond acceptors (Lipinski definition) is 8. The highest BCUT2D eigenvalue weighted by atomic mass is 35.5. The molecular formula is C26H34ClN5O4. The van der Waals surface area contributed by atoms with Gasteiger partial charge in [-0.1, -0.05) is 68.3 Å². The van der Waals surface area contributed by atoms with Crippen molar-refractivity contribution in [3.05, 3.63) is 86.6 Å². The van der Waals surface area contributed by atoms with Gasteiger partial charge in [0.15, 0.2) is 5.82 Å². The molecule has 0 saturated carbocycles. The van der Waals surface area contributed by atoms with E-state index in [1.165, 1.54) is 0 Å². The van der Waals surface area contributed by atoms with Gasteiger partial charge in [-0.2, -0.15) is 0 Å². The maximum Gasteiger partial charge on any atom is 0.324 e. The SMILES string of the molecule is CCC(C)C(C(=O)OCc1ccccc1)N1CC([N+](=O)[O-])=C(N(CC)Cc2ccc(Cl)nc2)N(C)C1. The summed E-state index contributed by atoms with van der Waals surface area (Å²) >= 11 is 5.91. The Morgan fingerprint density at radius 3 is 2.53 bits per heavy atom. The Bertz CT molecular complexity index is 1060. The number of hydrogen-bond donors (Lipinski definition) is 0. The van der Waals surface area contributed by atoms with Crippen LogP contribution in [0, 0.1) is 16.0 Å². The fourth-order valence-corrected chi connectivity index (χ4v) is 4.57. The van der Waals surface area contributed by atoms with E-state index >= 15 is 0 Å². The van der Waals surface area contributed by atoms with Crippen LogP contribution in [0.3, 0.4) is 0 Å². The largest absolute Gasteiger partial charge is 0.460 e. The van der Waals surface area contributed by atoms with Crippen LogP contribution in [-0.4, -0.2) is 63.4 Å². The van der Waals surface area contributed by atoms with E-state index < -0.39 is 6.04 Å². The molecule has 0 spiro atoms. The molecule has 0 N–H and O–H groups in total. The molecule has 1 aromatic heterocycles. The van der Waals surface area contributed by atoms with Gasteiger partial charge in [0.1, 0.15) is 17.8 Å². The average Bonchev–Trinajstić information content (AvgIpc) is 2.87. The predicted octanol–water partition coefficient (Wildman–Crippen LogP) is 4.37. The van der Waals surface area contributed by atoms with Crippen molar-refractivity contribution in [1.29, 1.82) is 0 Å². The lowest BCUT2D eigenvalue weighted by Gasteiger charge is -2.42. The van der Waals surface area contributed by atoms with Crippen molar-refractivity contribution in [1.82, 2.24) is 19.7 Å². The number of rotatable bonds is 11. The zero-order chi connectivity index (χ0) is 26.2. The van der Waals surface area contributed by atoms with Crippen LogP contribution in [0.2, 0.25) is 5.15 Å². The Balaban J connectivity index is 1.85. The summed E-state index contributed by atoms with van der Waals surface area (Å²) in [6, 6.07) is 12.5. The van der Waals surface area contributed by atoms with Gasteiger partial charge >= 0.3 is 5.97 Å². The zero-order valence-electron chi connectivity index (χ0n) is 21.3. The number of carbonyl (C=O) groups excluding carboxylic acids is 1. The number of pyridine rings is 1. The van der Waals surface area contributed by atoms with Gasteiger partial charge in [-0.05, 0) is 30.0 Å². The van der Waals surface area contributed by atoms with Crippen molar-refractivity contribution < 1.29 is 14.5 Å². The summed E-state index contributed by atoms with van der Waals surface area (Å²) in [7, 11) is 1.82. The van der Waals surface area contributed by atoms with Crippen molar-refractivity contribution in [3.63, 3.8) is 0 Å². The molecular weight excluding hydrogens is 482 g/mol. The van der Waals surface area contributed by atoms with Crippen LogP contribution in [0.5, 0.6) is 0 Å². The molecule has 0 amide bonds. The Morgan fingerprint density at radius 1 is 1.22 bits per heavy atom. The standard InChI is InChI=1S/C26H34ClN5O4/c1-5-19(3)24(26(33)36-17-20-10-8-7-9-11-20)31-16-22(32(34)35)25(29(4)18-31)30(6-2)15-21-12-13-23(27)28-14-21/h7-14,19,24H,5-6,15-18H2,1-4H3. The van der Waals surface area contributed by atoms with Crippen molar-refractivity contribution in [3.8, 4) is 0 Å². The number of esters is 1. The molecule has 194 valence electrons. The highest BCUT2D eigenvalue weighted by molar-refractivity contribution is 6.29. The predicted molar refractivity (Wildman–Crippen MR) is 138 cm³/mol. The second-order valence-corrected chi connectivity index (χ2v) is 9.43. The van der Waals surface area contributed by atoms with Crippen molar-refractivity contribution in [2.75, 3.05) is 26.8 Å². The van der Waals surface area contributed by atoms with Gasteiger partial charge in [0.2, 0.25) is 0 Å². The van der Waals surface area contributed by atoms with E-state index in [-0.39, 0.29) is 35.7 Å². The summed E-state index contributed by atoms with van der Waals surface area (Å²) in [6.45, 7) is 7.51. The van der Waals surface area contributed by atoms with Gasteiger partial charge in [0.05, 0.1) is 18.1 Å². The molecule has 0 aliphatic carbocycles. The smallest absolute Gasteiger partial charge is 0.324 e. The maximum atomic E-state index is 13.2. The lowest BCUT2D eigenvalue weighted by atomic mass is 9.97. The highest BCUT2D eigenvalue weighted by Gasteiger charge is 2.41. The Kier molecular flexibility index (Phi) is 9.66. The minimum Gasteiger partial charge on any atom is -0.460 e. The maximum absolute atomic E-state index is 13.2. The second-order valence-electron chi connectivity index (χ2n) is 9.04. The summed E-state index contributed by atoms with van der Waals surface area (Å²) in [5.41, 5.74) is 1.85. The number of nitro groups is 1. The highest BCUT2D eigenvalue weighted by Crippen LogP contribution is 2.28. The molecule has 2 unspecified atom stereocenters. The Morgan fingerprint density at radius 2 is 1.94 bits per heavy atom. The third-order valence-electron chi connectivity index (χ3n) is 6.47. The van der Waals surface area contributed by atoms with Gasteiger partial charge in [-0.15, -0.1) is 0 Å². The molecule has 2 heterocycles. The van der Waals surface area contributed by atoms with Crippen molar-refractivity contribution in [2.45, 2.75) is 46.4 Å². The van der Waals surface area contributed by atoms with E-state index in [1.54, 1.807) is 12.3 Å². The van der Waals surface area contributed by atoms with Gasteiger partial charge in [-0.3, -0.25) is 19.8 Å². The number of aromatic nitrogens is 1. The molecule has 10 heteroatoms. The van der Waals surface area contributed by atoms with Crippen LogP contribution >= 0.6 is 11.6 Å². The molecule has 0 bridgehead atoms. The molecule has 0 fully saturated rings. The summed E-state index contributed by atoms with van der Waals surface area (Å²) in [6.07, 6.45) is 2.41. The van der Waals surface area contributed by atoms with Crippen LogP contribution in [-0.2, 0) is 22.7 Å². The fourth-order valence-electron chi connectivity index (χ4n) is 4.46. The summed E-state index contributed by atoms with van der Waals surface area (Å²) in [5, 5.41) is 12.6. The zero-order valence-corrected chi connectivity index (χ0v) is 22.0. The minimum absolute atomic E-state index is 0.0392. The van der Waals surface area contributed by atoms with Gasteiger partial charge < -0.3 is 14.5 Å². The van der Waals surface area contributed by atoms with E-state index in [0.717, 1.165) is 17.5 Å². The Labute approximate surface area is 217 Å². The first kappa shape index (κ1) is 27.4. The lowest BCUT2D eigenvalue weighted by Crippen LogP contribution is -2.55. The number of halogens is 1. The number of carbonyl (C=O) groups is 1. The quantitative estimate of drug-likeness (QED) is 0.188. The van der Waals surface area contributed by atoms with Gasteiger partial charge in [-0.25, -0.2) is 4.98 Å². The molecule has 0 radical (unpaired) electrons. The first-order valence-electron chi connectivity index (χ1n) is 12.1. The molecule has 2 aromatic rings. The third-order valence-corrected chi connectivity index (χ3v) is 6.70. The van der Waals surface area contributed by atoms with E-state index in [1.807, 2.05) is 78.9 Å². The molecule has 3 rings (SSSR count). The van der Waals surface area contributed by atoms with Crippen LogP contribution in [0.1, 0.15) is 38.3 Å². The molecule has 1 aliphatic rings. The second kappa shape index (κ2) is 12.7. The van der Waals surface area contributed by atoms with E-state index in [4.69, 9.17) is 16.3 Å². The summed E-state index contributed by atoms with van der Waals surface area (Å²) < 4.78 is 5.67. The molecule has 9 nitrogen and oxygen atoms in total. The van der Waals surface area contributed by atoms with E-state index in [2.05, 4.69) is 4.98 Å². The average molecular weight is 516 g/mol. The van der Waals surface area contributed by atoms with Crippen LogP contribution in [0.25, 0.3) is 0 Å². The van der Waals surface area contributed by atoms with Crippen molar-refractivity contribution in [2.24, 2.45) is 5.92 Å². The third kappa shape index (κ3) is 6.73. The first-order valence-corrected chi connectivity index (χ1v) is 12.5. The van der Waals surface area contributed by atoms with Crippen LogP contribution < -0.4 is 0 Å². The molecule has 0 saturated heterocycles. The number of benzene rings is 1. The first-order chi connectivity index (χ1) is 17.2. The number of nitrogens with zero attached hydrogens (tertiary/aromatic N) is 5. The van der Waals surface area contributed by atoms with E-state index in [9.17, 15) is 14.9 Å². The summed E-state index contributed by atoms with van der Waals surface area (Å²) in [4.78, 5) is 34.9. The van der Waals surface area contributed by atoms with E-state index in [0.29, 0.717) is 30.7 Å². The molecule has 1 aliphatic heterocycles. The topological polar surface area (TPSA) is 92.0 Å². The monoisotopic (exact) mass is 515 g/mol. The number of ether oxygens (including phenoxy) is 1. The molecule has 1 aromatic carbocycles. The molecule has 36 heavy (non-hydrogen) atoms. The van der Waals surface area contributed by atoms with Gasteiger partial charge in [0.25, 0.3) is 5.70 Å². The van der Waals surface area contributed by atoms with Crippen LogP contribution in [0.4, 0.5) is 0 Å². The normalized spacial score (nSPS) is 16.0.